The van der Waals surface area contributed by atoms with E-state index in [1.165, 1.54) is 12.8 Å². The van der Waals surface area contributed by atoms with Crippen molar-refractivity contribution in [3.63, 3.8) is 0 Å². The van der Waals surface area contributed by atoms with E-state index in [-0.39, 0.29) is 0 Å². The van der Waals surface area contributed by atoms with Crippen LogP contribution in [0.4, 0.5) is 0 Å². The summed E-state index contributed by atoms with van der Waals surface area (Å²) in [6, 6.07) is -0.666. The van der Waals surface area contributed by atoms with Crippen LogP contribution in [0.2, 0.25) is 0 Å². The summed E-state index contributed by atoms with van der Waals surface area (Å²) in [5, 5.41) is 8.69. The highest BCUT2D eigenvalue weighted by molar-refractivity contribution is 5.73. The van der Waals surface area contributed by atoms with Crippen LogP contribution < -0.4 is 5.73 Å². The molecule has 0 aromatic rings. The molecule has 3 nitrogen and oxygen atoms in total. The van der Waals surface area contributed by atoms with Crippen LogP contribution in [-0.4, -0.2) is 17.1 Å². The minimum absolute atomic E-state index is 0.448. The highest BCUT2D eigenvalue weighted by atomic mass is 16.4. The molecule has 0 bridgehead atoms. The monoisotopic (exact) mass is 199 g/mol. The van der Waals surface area contributed by atoms with Crippen molar-refractivity contribution in [2.75, 3.05) is 0 Å². The van der Waals surface area contributed by atoms with Crippen LogP contribution in [0.25, 0.3) is 0 Å². The summed E-state index contributed by atoms with van der Waals surface area (Å²) >= 11 is 0. The Hall–Kier alpha value is -0.570. The molecule has 1 aliphatic carbocycles. The van der Waals surface area contributed by atoms with Gasteiger partial charge in [-0.3, -0.25) is 4.79 Å². The average molecular weight is 199 g/mol. The standard InChI is InChI=1S/C11H21NO2/c1-11(2)5-3-8(4-6-11)7-9(12)10(13)14/h8-9H,3-7,12H2,1-2H3,(H,13,14)/t9-/m0/s1. The third-order valence-electron chi connectivity index (χ3n) is 3.36. The van der Waals surface area contributed by atoms with Crippen molar-refractivity contribution < 1.29 is 9.90 Å². The molecule has 0 aromatic carbocycles. The molecule has 0 amide bonds. The van der Waals surface area contributed by atoms with Gasteiger partial charge in [-0.2, -0.15) is 0 Å². The number of carbonyl (C=O) groups is 1. The molecule has 1 fully saturated rings. The second-order valence-corrected chi connectivity index (χ2v) is 5.29. The molecule has 82 valence electrons. The molecule has 0 aromatic heterocycles. The number of carboxylic acids is 1. The maximum atomic E-state index is 10.6. The van der Waals surface area contributed by atoms with Gasteiger partial charge in [0, 0.05) is 0 Å². The lowest BCUT2D eigenvalue weighted by Crippen LogP contribution is -2.34. The van der Waals surface area contributed by atoms with Gasteiger partial charge in [0.05, 0.1) is 0 Å². The first-order valence-corrected chi connectivity index (χ1v) is 5.39. The summed E-state index contributed by atoms with van der Waals surface area (Å²) in [4.78, 5) is 10.6. The molecular weight excluding hydrogens is 178 g/mol. The van der Waals surface area contributed by atoms with Crippen molar-refractivity contribution in [3.8, 4) is 0 Å². The van der Waals surface area contributed by atoms with Crippen LogP contribution in [0, 0.1) is 11.3 Å². The Balaban J connectivity index is 2.32. The first-order valence-electron chi connectivity index (χ1n) is 5.39. The molecular formula is C11H21NO2. The van der Waals surface area contributed by atoms with E-state index in [4.69, 9.17) is 10.8 Å². The first-order chi connectivity index (χ1) is 6.41. The van der Waals surface area contributed by atoms with Gasteiger partial charge >= 0.3 is 5.97 Å². The van der Waals surface area contributed by atoms with E-state index in [0.717, 1.165) is 12.8 Å². The molecule has 0 heterocycles. The molecule has 0 unspecified atom stereocenters. The number of hydrogen-bond acceptors (Lipinski definition) is 2. The Morgan fingerprint density at radius 2 is 2.00 bits per heavy atom. The zero-order valence-electron chi connectivity index (χ0n) is 9.12. The molecule has 0 aliphatic heterocycles. The van der Waals surface area contributed by atoms with E-state index in [1.54, 1.807) is 0 Å². The summed E-state index contributed by atoms with van der Waals surface area (Å²) in [5.74, 6) is -0.344. The first kappa shape index (κ1) is 11.5. The predicted molar refractivity (Wildman–Crippen MR) is 56.0 cm³/mol. The van der Waals surface area contributed by atoms with Crippen molar-refractivity contribution in [3.05, 3.63) is 0 Å². The van der Waals surface area contributed by atoms with Crippen LogP contribution in [0.5, 0.6) is 0 Å². The molecule has 14 heavy (non-hydrogen) atoms. The highest BCUT2D eigenvalue weighted by Crippen LogP contribution is 2.39. The number of rotatable bonds is 3. The van der Waals surface area contributed by atoms with Crippen molar-refractivity contribution in [1.82, 2.24) is 0 Å². The molecule has 0 spiro atoms. The summed E-state index contributed by atoms with van der Waals surface area (Å²) in [6.07, 6.45) is 5.31. The minimum atomic E-state index is -0.866. The second kappa shape index (κ2) is 4.30. The quantitative estimate of drug-likeness (QED) is 0.730. The van der Waals surface area contributed by atoms with Gasteiger partial charge in [-0.1, -0.05) is 13.8 Å². The Morgan fingerprint density at radius 3 is 2.43 bits per heavy atom. The maximum Gasteiger partial charge on any atom is 0.320 e. The van der Waals surface area contributed by atoms with Gasteiger partial charge in [0.25, 0.3) is 0 Å². The van der Waals surface area contributed by atoms with Crippen molar-refractivity contribution in [2.24, 2.45) is 17.1 Å². The minimum Gasteiger partial charge on any atom is -0.480 e. The van der Waals surface area contributed by atoms with Gasteiger partial charge in [0.1, 0.15) is 6.04 Å². The van der Waals surface area contributed by atoms with Crippen molar-refractivity contribution in [2.45, 2.75) is 52.0 Å². The second-order valence-electron chi connectivity index (χ2n) is 5.29. The number of hydrogen-bond donors (Lipinski definition) is 2. The average Bonchev–Trinajstić information content (AvgIpc) is 2.08. The molecule has 1 rings (SSSR count). The number of carboxylic acid groups (broad SMARTS) is 1. The fourth-order valence-electron chi connectivity index (χ4n) is 2.15. The van der Waals surface area contributed by atoms with Gasteiger partial charge in [0.2, 0.25) is 0 Å². The van der Waals surface area contributed by atoms with Gasteiger partial charge in [-0.25, -0.2) is 0 Å². The van der Waals surface area contributed by atoms with E-state index in [1.807, 2.05) is 0 Å². The fraction of sp³-hybridized carbons (Fsp3) is 0.909. The van der Waals surface area contributed by atoms with Gasteiger partial charge in [-0.15, -0.1) is 0 Å². The molecule has 1 atom stereocenters. The van der Waals surface area contributed by atoms with Crippen LogP contribution >= 0.6 is 0 Å². The van der Waals surface area contributed by atoms with E-state index in [9.17, 15) is 4.79 Å². The molecule has 3 heteroatoms. The Morgan fingerprint density at radius 1 is 1.50 bits per heavy atom. The lowest BCUT2D eigenvalue weighted by molar-refractivity contribution is -0.139. The molecule has 0 saturated heterocycles. The van der Waals surface area contributed by atoms with E-state index < -0.39 is 12.0 Å². The largest absolute Gasteiger partial charge is 0.480 e. The number of nitrogens with two attached hydrogens (primary N) is 1. The lowest BCUT2D eigenvalue weighted by Gasteiger charge is -2.34. The third-order valence-corrected chi connectivity index (χ3v) is 3.36. The molecule has 1 aliphatic rings. The normalized spacial score (nSPS) is 24.5. The molecule has 3 N–H and O–H groups in total. The maximum absolute atomic E-state index is 10.6. The van der Waals surface area contributed by atoms with Crippen LogP contribution in [0.3, 0.4) is 0 Å². The van der Waals surface area contributed by atoms with E-state index in [2.05, 4.69) is 13.8 Å². The van der Waals surface area contributed by atoms with Crippen molar-refractivity contribution in [1.29, 1.82) is 0 Å². The third kappa shape index (κ3) is 3.29. The summed E-state index contributed by atoms with van der Waals surface area (Å²) in [5.41, 5.74) is 5.96. The summed E-state index contributed by atoms with van der Waals surface area (Å²) < 4.78 is 0. The Labute approximate surface area is 85.7 Å². The van der Waals surface area contributed by atoms with Gasteiger partial charge in [0.15, 0.2) is 0 Å². The molecule has 1 saturated carbocycles. The zero-order chi connectivity index (χ0) is 10.8. The summed E-state index contributed by atoms with van der Waals surface area (Å²) in [6.45, 7) is 4.56. The number of aliphatic carboxylic acids is 1. The van der Waals surface area contributed by atoms with Crippen LogP contribution in [0.15, 0.2) is 0 Å². The van der Waals surface area contributed by atoms with Gasteiger partial charge < -0.3 is 10.8 Å². The van der Waals surface area contributed by atoms with E-state index >= 15 is 0 Å². The van der Waals surface area contributed by atoms with E-state index in [0.29, 0.717) is 17.8 Å². The topological polar surface area (TPSA) is 63.3 Å². The smallest absolute Gasteiger partial charge is 0.320 e. The zero-order valence-corrected chi connectivity index (χ0v) is 9.12. The Kier molecular flexibility index (Phi) is 3.53. The fourth-order valence-corrected chi connectivity index (χ4v) is 2.15. The Bertz CT molecular complexity index is 203. The van der Waals surface area contributed by atoms with Crippen molar-refractivity contribution >= 4 is 5.97 Å². The van der Waals surface area contributed by atoms with Crippen LogP contribution in [0.1, 0.15) is 46.0 Å². The predicted octanol–water partition coefficient (Wildman–Crippen LogP) is 2.00. The molecule has 0 radical (unpaired) electrons. The van der Waals surface area contributed by atoms with Gasteiger partial charge in [-0.05, 0) is 43.4 Å². The SMILES string of the molecule is CC1(C)CCC(C[C@H](N)C(=O)O)CC1. The highest BCUT2D eigenvalue weighted by Gasteiger charge is 2.28. The lowest BCUT2D eigenvalue weighted by atomic mass is 9.72. The van der Waals surface area contributed by atoms with Crippen LogP contribution in [-0.2, 0) is 4.79 Å². The summed E-state index contributed by atoms with van der Waals surface area (Å²) in [7, 11) is 0.